The van der Waals surface area contributed by atoms with Crippen molar-refractivity contribution in [3.8, 4) is 11.4 Å². The summed E-state index contributed by atoms with van der Waals surface area (Å²) in [5.74, 6) is 0.986. The molecule has 0 N–H and O–H groups in total. The predicted molar refractivity (Wildman–Crippen MR) is 93.2 cm³/mol. The highest BCUT2D eigenvalue weighted by molar-refractivity contribution is 5.96. The van der Waals surface area contributed by atoms with Crippen molar-refractivity contribution in [2.75, 3.05) is 11.4 Å². The van der Waals surface area contributed by atoms with E-state index in [4.69, 9.17) is 4.52 Å². The van der Waals surface area contributed by atoms with Crippen LogP contribution >= 0.6 is 0 Å². The van der Waals surface area contributed by atoms with Crippen LogP contribution in [0.4, 0.5) is 5.69 Å². The predicted octanol–water partition coefficient (Wildman–Crippen LogP) is 3.27. The lowest BCUT2D eigenvalue weighted by molar-refractivity contribution is -0.117. The van der Waals surface area contributed by atoms with Gasteiger partial charge in [-0.25, -0.2) is 0 Å². The number of carbonyl (C=O) groups excluding carboxylic acids is 1. The van der Waals surface area contributed by atoms with Gasteiger partial charge in [0.2, 0.25) is 17.6 Å². The zero-order valence-corrected chi connectivity index (χ0v) is 14.1. The van der Waals surface area contributed by atoms with Crippen LogP contribution in [0.2, 0.25) is 0 Å². The van der Waals surface area contributed by atoms with E-state index >= 15 is 0 Å². The van der Waals surface area contributed by atoms with Crippen LogP contribution in [-0.2, 0) is 4.79 Å². The van der Waals surface area contributed by atoms with Gasteiger partial charge >= 0.3 is 0 Å². The van der Waals surface area contributed by atoms with Crippen molar-refractivity contribution >= 4 is 11.6 Å². The molecule has 0 unspecified atom stereocenters. The fourth-order valence-corrected chi connectivity index (χ4v) is 3.03. The van der Waals surface area contributed by atoms with Crippen molar-refractivity contribution in [1.29, 1.82) is 0 Å². The first-order valence-electron chi connectivity index (χ1n) is 8.23. The lowest BCUT2D eigenvalue weighted by atomic mass is 10.1. The molecule has 6 nitrogen and oxygen atoms in total. The maximum atomic E-state index is 12.5. The maximum Gasteiger partial charge on any atom is 0.232 e. The lowest BCUT2D eigenvalue weighted by Crippen LogP contribution is -2.24. The largest absolute Gasteiger partial charge is 0.339 e. The summed E-state index contributed by atoms with van der Waals surface area (Å²) in [6, 6.07) is 9.77. The van der Waals surface area contributed by atoms with E-state index < -0.39 is 0 Å². The molecule has 2 aromatic heterocycles. The summed E-state index contributed by atoms with van der Waals surface area (Å²) in [7, 11) is 0. The van der Waals surface area contributed by atoms with Gasteiger partial charge in [0, 0.05) is 36.6 Å². The van der Waals surface area contributed by atoms with E-state index in [1.165, 1.54) is 11.1 Å². The highest BCUT2D eigenvalue weighted by atomic mass is 16.5. The third-order valence-corrected chi connectivity index (χ3v) is 4.64. The number of amides is 1. The van der Waals surface area contributed by atoms with Crippen LogP contribution in [-0.4, -0.2) is 27.6 Å². The summed E-state index contributed by atoms with van der Waals surface area (Å²) in [6.45, 7) is 4.66. The van der Waals surface area contributed by atoms with Crippen LogP contribution < -0.4 is 4.90 Å². The number of aromatic nitrogens is 3. The first-order chi connectivity index (χ1) is 12.1. The summed E-state index contributed by atoms with van der Waals surface area (Å²) in [4.78, 5) is 22.8. The fourth-order valence-electron chi connectivity index (χ4n) is 3.03. The van der Waals surface area contributed by atoms with E-state index in [1.54, 1.807) is 17.3 Å². The smallest absolute Gasteiger partial charge is 0.232 e. The normalized spacial score (nSPS) is 17.3. The molecule has 0 spiro atoms. The molecule has 126 valence electrons. The molecule has 1 saturated heterocycles. The van der Waals surface area contributed by atoms with E-state index in [0.717, 1.165) is 11.3 Å². The zero-order chi connectivity index (χ0) is 17.4. The van der Waals surface area contributed by atoms with Gasteiger partial charge in [-0.3, -0.25) is 9.78 Å². The number of hydrogen-bond acceptors (Lipinski definition) is 5. The van der Waals surface area contributed by atoms with Crippen molar-refractivity contribution < 1.29 is 9.32 Å². The van der Waals surface area contributed by atoms with Gasteiger partial charge in [0.1, 0.15) is 0 Å². The second kappa shape index (κ2) is 6.12. The Labute approximate surface area is 145 Å². The standard InChI is InChI=1S/C19H18N4O2/c1-12-5-6-16(8-13(12)2)23-11-15(9-17(23)24)19-21-18(22-25-19)14-4-3-7-20-10-14/h3-8,10,15H,9,11H2,1-2H3/t15-/m1/s1. The summed E-state index contributed by atoms with van der Waals surface area (Å²) >= 11 is 0. The Bertz CT molecular complexity index is 920. The third-order valence-electron chi connectivity index (χ3n) is 4.64. The minimum Gasteiger partial charge on any atom is -0.339 e. The van der Waals surface area contributed by atoms with Gasteiger partial charge in [0.05, 0.1) is 5.92 Å². The quantitative estimate of drug-likeness (QED) is 0.735. The molecule has 25 heavy (non-hydrogen) atoms. The molecule has 3 heterocycles. The molecule has 4 rings (SSSR count). The molecule has 3 aromatic rings. The molecule has 6 heteroatoms. The molecule has 0 radical (unpaired) electrons. The van der Waals surface area contributed by atoms with Gasteiger partial charge in [-0.15, -0.1) is 0 Å². The lowest BCUT2D eigenvalue weighted by Gasteiger charge is -2.17. The highest BCUT2D eigenvalue weighted by Gasteiger charge is 2.35. The number of pyridine rings is 1. The maximum absolute atomic E-state index is 12.5. The molecule has 0 bridgehead atoms. The minimum absolute atomic E-state index is 0.0781. The topological polar surface area (TPSA) is 72.1 Å². The van der Waals surface area contributed by atoms with Gasteiger partial charge in [-0.05, 0) is 49.2 Å². The third kappa shape index (κ3) is 2.91. The van der Waals surface area contributed by atoms with Gasteiger partial charge in [0.25, 0.3) is 0 Å². The first-order valence-corrected chi connectivity index (χ1v) is 8.23. The van der Waals surface area contributed by atoms with Crippen LogP contribution in [0.5, 0.6) is 0 Å². The Kier molecular flexibility index (Phi) is 3.80. The highest BCUT2D eigenvalue weighted by Crippen LogP contribution is 2.32. The Morgan fingerprint density at radius 2 is 2.08 bits per heavy atom. The number of aryl methyl sites for hydroxylation is 2. The molecule has 1 atom stereocenters. The summed E-state index contributed by atoms with van der Waals surface area (Å²) in [6.07, 6.45) is 3.76. The Morgan fingerprint density at radius 1 is 1.20 bits per heavy atom. The molecular weight excluding hydrogens is 316 g/mol. The molecule has 1 fully saturated rings. The molecule has 0 saturated carbocycles. The van der Waals surface area contributed by atoms with E-state index in [9.17, 15) is 4.79 Å². The van der Waals surface area contributed by atoms with Crippen molar-refractivity contribution in [2.45, 2.75) is 26.2 Å². The van der Waals surface area contributed by atoms with Crippen LogP contribution in [0.3, 0.4) is 0 Å². The fraction of sp³-hybridized carbons (Fsp3) is 0.263. The monoisotopic (exact) mass is 334 g/mol. The average molecular weight is 334 g/mol. The van der Waals surface area contributed by atoms with Crippen molar-refractivity contribution in [1.82, 2.24) is 15.1 Å². The average Bonchev–Trinajstić information content (AvgIpc) is 3.25. The van der Waals surface area contributed by atoms with Gasteiger partial charge in [0.15, 0.2) is 0 Å². The van der Waals surface area contributed by atoms with Gasteiger partial charge in [-0.2, -0.15) is 4.98 Å². The van der Waals surface area contributed by atoms with Crippen LogP contribution in [0.1, 0.15) is 29.4 Å². The number of anilines is 1. The second-order valence-corrected chi connectivity index (χ2v) is 6.37. The minimum atomic E-state index is -0.0907. The van der Waals surface area contributed by atoms with Crippen LogP contribution in [0.15, 0.2) is 47.2 Å². The Balaban J connectivity index is 1.56. The Morgan fingerprint density at radius 3 is 2.84 bits per heavy atom. The molecule has 0 aliphatic carbocycles. The van der Waals surface area contributed by atoms with E-state index in [2.05, 4.69) is 29.0 Å². The van der Waals surface area contributed by atoms with Crippen molar-refractivity contribution in [2.24, 2.45) is 0 Å². The SMILES string of the molecule is Cc1ccc(N2C[C@H](c3nc(-c4cccnc4)no3)CC2=O)cc1C. The van der Waals surface area contributed by atoms with E-state index in [1.807, 2.05) is 30.3 Å². The van der Waals surface area contributed by atoms with Crippen molar-refractivity contribution in [3.05, 3.63) is 59.7 Å². The molecule has 1 amide bonds. The molecule has 1 aliphatic heterocycles. The number of hydrogen-bond donors (Lipinski definition) is 0. The Hall–Kier alpha value is -3.02. The zero-order valence-electron chi connectivity index (χ0n) is 14.1. The van der Waals surface area contributed by atoms with E-state index in [0.29, 0.717) is 24.7 Å². The number of carbonyl (C=O) groups is 1. The number of nitrogens with zero attached hydrogens (tertiary/aromatic N) is 4. The molecule has 1 aromatic carbocycles. The molecular formula is C19H18N4O2. The second-order valence-electron chi connectivity index (χ2n) is 6.37. The first kappa shape index (κ1) is 15.5. The van der Waals surface area contributed by atoms with Crippen LogP contribution in [0.25, 0.3) is 11.4 Å². The van der Waals surface area contributed by atoms with Gasteiger partial charge < -0.3 is 9.42 Å². The summed E-state index contributed by atoms with van der Waals surface area (Å²) < 4.78 is 5.41. The van der Waals surface area contributed by atoms with Crippen molar-refractivity contribution in [3.63, 3.8) is 0 Å². The number of benzene rings is 1. The van der Waals surface area contributed by atoms with E-state index in [-0.39, 0.29) is 11.8 Å². The van der Waals surface area contributed by atoms with Gasteiger partial charge in [-0.1, -0.05) is 11.2 Å². The number of rotatable bonds is 3. The summed E-state index contributed by atoms with van der Waals surface area (Å²) in [5, 5.41) is 4.02. The summed E-state index contributed by atoms with van der Waals surface area (Å²) in [5.41, 5.74) is 4.10. The van der Waals surface area contributed by atoms with Crippen LogP contribution in [0, 0.1) is 13.8 Å². The molecule has 1 aliphatic rings.